The van der Waals surface area contributed by atoms with Crippen LogP contribution in [0.2, 0.25) is 0 Å². The lowest BCUT2D eigenvalue weighted by Crippen LogP contribution is -2.21. The van der Waals surface area contributed by atoms with Crippen molar-refractivity contribution in [2.24, 2.45) is 29.6 Å². The molecule has 1 saturated heterocycles. The van der Waals surface area contributed by atoms with Crippen molar-refractivity contribution in [1.29, 1.82) is 0 Å². The predicted molar refractivity (Wildman–Crippen MR) is 68.4 cm³/mol. The molecule has 1 aliphatic carbocycles. The minimum absolute atomic E-state index is 0.617. The van der Waals surface area contributed by atoms with Crippen molar-refractivity contribution in [2.75, 3.05) is 6.61 Å². The van der Waals surface area contributed by atoms with E-state index in [2.05, 4.69) is 27.7 Å². The van der Waals surface area contributed by atoms with Gasteiger partial charge in [-0.2, -0.15) is 0 Å². The Balaban J connectivity index is 1.90. The van der Waals surface area contributed by atoms with Gasteiger partial charge < -0.3 is 4.74 Å². The van der Waals surface area contributed by atoms with Gasteiger partial charge in [0.15, 0.2) is 0 Å². The van der Waals surface area contributed by atoms with E-state index in [1.165, 1.54) is 25.7 Å². The standard InChI is InChI=1S/C15H28O/c1-10(2)7-12-5-6-14-13(8-11(3)4)9-16-15(12)14/h10-15H,5-9H2,1-4H3. The van der Waals surface area contributed by atoms with Gasteiger partial charge in [-0.3, -0.25) is 0 Å². The first-order valence-corrected chi connectivity index (χ1v) is 7.19. The zero-order valence-electron chi connectivity index (χ0n) is 11.4. The molecule has 94 valence electrons. The highest BCUT2D eigenvalue weighted by atomic mass is 16.5. The van der Waals surface area contributed by atoms with Gasteiger partial charge in [0.1, 0.15) is 0 Å². The van der Waals surface area contributed by atoms with Crippen molar-refractivity contribution in [3.8, 4) is 0 Å². The first-order valence-electron chi connectivity index (χ1n) is 7.19. The molecule has 1 heterocycles. The zero-order valence-corrected chi connectivity index (χ0v) is 11.4. The fraction of sp³-hybridized carbons (Fsp3) is 1.00. The van der Waals surface area contributed by atoms with Gasteiger partial charge in [0, 0.05) is 0 Å². The summed E-state index contributed by atoms with van der Waals surface area (Å²) in [5, 5.41) is 0. The molecule has 2 rings (SSSR count). The van der Waals surface area contributed by atoms with E-state index in [1.54, 1.807) is 0 Å². The number of hydrogen-bond donors (Lipinski definition) is 0. The van der Waals surface area contributed by atoms with E-state index in [1.807, 2.05) is 0 Å². The summed E-state index contributed by atoms with van der Waals surface area (Å²) in [6.45, 7) is 10.4. The van der Waals surface area contributed by atoms with E-state index in [0.29, 0.717) is 6.10 Å². The molecular formula is C15H28O. The maximum Gasteiger partial charge on any atom is 0.0635 e. The number of fused-ring (bicyclic) bond motifs is 1. The second-order valence-corrected chi connectivity index (χ2v) is 6.82. The molecule has 2 fully saturated rings. The topological polar surface area (TPSA) is 9.23 Å². The van der Waals surface area contributed by atoms with E-state index >= 15 is 0 Å². The number of rotatable bonds is 4. The molecule has 0 spiro atoms. The van der Waals surface area contributed by atoms with E-state index in [-0.39, 0.29) is 0 Å². The smallest absolute Gasteiger partial charge is 0.0635 e. The highest BCUT2D eigenvalue weighted by Gasteiger charge is 2.45. The van der Waals surface area contributed by atoms with Crippen LogP contribution in [0.3, 0.4) is 0 Å². The maximum absolute atomic E-state index is 6.10. The van der Waals surface area contributed by atoms with Gasteiger partial charge in [0.25, 0.3) is 0 Å². The third kappa shape index (κ3) is 2.61. The van der Waals surface area contributed by atoms with Gasteiger partial charge in [-0.25, -0.2) is 0 Å². The molecule has 16 heavy (non-hydrogen) atoms. The molecule has 0 bridgehead atoms. The molecule has 1 nitrogen and oxygen atoms in total. The Labute approximate surface area is 101 Å². The molecule has 0 amide bonds. The van der Waals surface area contributed by atoms with E-state index in [0.717, 1.165) is 36.2 Å². The van der Waals surface area contributed by atoms with Crippen LogP contribution in [-0.2, 0) is 4.74 Å². The minimum atomic E-state index is 0.617. The molecule has 0 N–H and O–H groups in total. The van der Waals surface area contributed by atoms with Crippen molar-refractivity contribution < 1.29 is 4.74 Å². The summed E-state index contributed by atoms with van der Waals surface area (Å²) in [6.07, 6.45) is 6.21. The summed E-state index contributed by atoms with van der Waals surface area (Å²) in [5.41, 5.74) is 0. The lowest BCUT2D eigenvalue weighted by Gasteiger charge is -2.21. The Kier molecular flexibility index (Phi) is 3.94. The number of ether oxygens (including phenoxy) is 1. The molecular weight excluding hydrogens is 196 g/mol. The monoisotopic (exact) mass is 224 g/mol. The molecule has 2 aliphatic rings. The highest BCUT2D eigenvalue weighted by molar-refractivity contribution is 4.94. The molecule has 4 unspecified atom stereocenters. The average Bonchev–Trinajstić information content (AvgIpc) is 2.70. The SMILES string of the molecule is CC(C)CC1COC2C(CC(C)C)CCC12. The van der Waals surface area contributed by atoms with Crippen molar-refractivity contribution in [3.05, 3.63) is 0 Å². The first kappa shape index (κ1) is 12.4. The largest absolute Gasteiger partial charge is 0.377 e. The fourth-order valence-electron chi connectivity index (χ4n) is 3.91. The minimum Gasteiger partial charge on any atom is -0.377 e. The molecule has 0 aromatic rings. The average molecular weight is 224 g/mol. The van der Waals surface area contributed by atoms with Crippen molar-refractivity contribution in [2.45, 2.75) is 59.5 Å². The van der Waals surface area contributed by atoms with Crippen molar-refractivity contribution in [1.82, 2.24) is 0 Å². The third-order valence-electron chi connectivity index (χ3n) is 4.41. The summed E-state index contributed by atoms with van der Waals surface area (Å²) >= 11 is 0. The second-order valence-electron chi connectivity index (χ2n) is 6.82. The lowest BCUT2D eigenvalue weighted by molar-refractivity contribution is 0.0570. The summed E-state index contributed by atoms with van der Waals surface area (Å²) in [4.78, 5) is 0. The number of hydrogen-bond acceptors (Lipinski definition) is 1. The highest BCUT2D eigenvalue weighted by Crippen LogP contribution is 2.47. The van der Waals surface area contributed by atoms with Crippen LogP contribution in [0.25, 0.3) is 0 Å². The summed E-state index contributed by atoms with van der Waals surface area (Å²) in [6, 6.07) is 0. The normalized spacial score (nSPS) is 38.6. The Morgan fingerprint density at radius 2 is 1.56 bits per heavy atom. The second kappa shape index (κ2) is 5.08. The maximum atomic E-state index is 6.10. The molecule has 1 heteroatoms. The summed E-state index contributed by atoms with van der Waals surface area (Å²) in [7, 11) is 0. The van der Waals surface area contributed by atoms with Crippen LogP contribution < -0.4 is 0 Å². The van der Waals surface area contributed by atoms with E-state index in [4.69, 9.17) is 4.74 Å². The van der Waals surface area contributed by atoms with Crippen molar-refractivity contribution >= 4 is 0 Å². The lowest BCUT2D eigenvalue weighted by atomic mass is 9.84. The van der Waals surface area contributed by atoms with Crippen LogP contribution in [0.15, 0.2) is 0 Å². The van der Waals surface area contributed by atoms with Gasteiger partial charge in [0.05, 0.1) is 12.7 Å². The fourth-order valence-corrected chi connectivity index (χ4v) is 3.91. The molecule has 0 radical (unpaired) electrons. The van der Waals surface area contributed by atoms with Crippen LogP contribution in [0.4, 0.5) is 0 Å². The van der Waals surface area contributed by atoms with Crippen LogP contribution in [0.5, 0.6) is 0 Å². The quantitative estimate of drug-likeness (QED) is 0.698. The summed E-state index contributed by atoms with van der Waals surface area (Å²) < 4.78 is 6.10. The Morgan fingerprint density at radius 1 is 0.938 bits per heavy atom. The molecule has 4 atom stereocenters. The van der Waals surface area contributed by atoms with E-state index < -0.39 is 0 Å². The van der Waals surface area contributed by atoms with Crippen LogP contribution in [0, 0.1) is 29.6 Å². The van der Waals surface area contributed by atoms with Gasteiger partial charge in [-0.1, -0.05) is 27.7 Å². The van der Waals surface area contributed by atoms with E-state index in [9.17, 15) is 0 Å². The Bertz CT molecular complexity index is 197. The van der Waals surface area contributed by atoms with Gasteiger partial charge in [0.2, 0.25) is 0 Å². The third-order valence-corrected chi connectivity index (χ3v) is 4.41. The molecule has 0 aromatic heterocycles. The first-order chi connectivity index (χ1) is 7.58. The van der Waals surface area contributed by atoms with Gasteiger partial charge in [-0.05, 0) is 55.3 Å². The van der Waals surface area contributed by atoms with Crippen LogP contribution >= 0.6 is 0 Å². The van der Waals surface area contributed by atoms with Gasteiger partial charge >= 0.3 is 0 Å². The zero-order chi connectivity index (χ0) is 11.7. The summed E-state index contributed by atoms with van der Waals surface area (Å²) in [5.74, 6) is 4.28. The van der Waals surface area contributed by atoms with Crippen molar-refractivity contribution in [3.63, 3.8) is 0 Å². The molecule has 0 aromatic carbocycles. The Morgan fingerprint density at radius 3 is 2.19 bits per heavy atom. The predicted octanol–water partition coefficient (Wildman–Crippen LogP) is 4.12. The molecule has 1 aliphatic heterocycles. The Hall–Kier alpha value is -0.0400. The molecule has 1 saturated carbocycles. The van der Waals surface area contributed by atoms with Gasteiger partial charge in [-0.15, -0.1) is 0 Å². The van der Waals surface area contributed by atoms with Crippen LogP contribution in [-0.4, -0.2) is 12.7 Å². The van der Waals surface area contributed by atoms with Crippen LogP contribution in [0.1, 0.15) is 53.4 Å².